The average Bonchev–Trinajstić information content (AvgIpc) is 2.72. The number of fused-ring (bicyclic) bond motifs is 1. The number of piperazine rings is 1. The summed E-state index contributed by atoms with van der Waals surface area (Å²) in [6.07, 6.45) is 4.34. The SMILES string of the molecule is CN1CCC(N2CCN(C(=O)NCc3cnc4ccccc4c3)CC2)CC1. The van der Waals surface area contributed by atoms with Crippen molar-refractivity contribution in [3.63, 3.8) is 0 Å². The minimum atomic E-state index is 0.0335. The number of hydrogen-bond acceptors (Lipinski definition) is 4. The molecule has 2 aliphatic rings. The van der Waals surface area contributed by atoms with Crippen molar-refractivity contribution < 1.29 is 4.79 Å². The maximum atomic E-state index is 12.5. The second kappa shape index (κ2) is 8.23. The van der Waals surface area contributed by atoms with Crippen molar-refractivity contribution in [3.05, 3.63) is 42.1 Å². The average molecular weight is 367 g/mol. The summed E-state index contributed by atoms with van der Waals surface area (Å²) in [4.78, 5) is 23.9. The molecule has 1 N–H and O–H groups in total. The van der Waals surface area contributed by atoms with Gasteiger partial charge in [-0.05, 0) is 50.7 Å². The van der Waals surface area contributed by atoms with Gasteiger partial charge in [0.15, 0.2) is 0 Å². The number of benzene rings is 1. The highest BCUT2D eigenvalue weighted by atomic mass is 16.2. The highest BCUT2D eigenvalue weighted by Crippen LogP contribution is 2.17. The second-order valence-corrected chi connectivity index (χ2v) is 7.75. The Hall–Kier alpha value is -2.18. The van der Waals surface area contributed by atoms with E-state index in [1.807, 2.05) is 29.3 Å². The first-order valence-corrected chi connectivity index (χ1v) is 9.98. The first-order chi connectivity index (χ1) is 13.2. The number of para-hydroxylation sites is 1. The number of nitrogens with zero attached hydrogens (tertiary/aromatic N) is 4. The molecule has 1 aromatic carbocycles. The number of piperidine rings is 1. The Morgan fingerprint density at radius 2 is 1.85 bits per heavy atom. The van der Waals surface area contributed by atoms with Gasteiger partial charge in [-0.15, -0.1) is 0 Å². The van der Waals surface area contributed by atoms with E-state index >= 15 is 0 Å². The van der Waals surface area contributed by atoms with E-state index in [1.54, 1.807) is 0 Å². The Balaban J connectivity index is 1.25. The summed E-state index contributed by atoms with van der Waals surface area (Å²) in [5.74, 6) is 0. The summed E-state index contributed by atoms with van der Waals surface area (Å²) in [6, 6.07) is 10.9. The van der Waals surface area contributed by atoms with Crippen molar-refractivity contribution >= 4 is 16.9 Å². The van der Waals surface area contributed by atoms with Crippen molar-refractivity contribution in [3.8, 4) is 0 Å². The van der Waals surface area contributed by atoms with Crippen molar-refractivity contribution in [2.45, 2.75) is 25.4 Å². The predicted molar refractivity (Wildman–Crippen MR) is 108 cm³/mol. The first kappa shape index (κ1) is 18.2. The maximum Gasteiger partial charge on any atom is 0.317 e. The number of nitrogens with one attached hydrogen (secondary N) is 1. The molecule has 1 aromatic heterocycles. The van der Waals surface area contributed by atoms with Crippen LogP contribution < -0.4 is 5.32 Å². The number of likely N-dealkylation sites (tertiary alicyclic amines) is 1. The van der Waals surface area contributed by atoms with E-state index in [0.717, 1.165) is 42.6 Å². The van der Waals surface area contributed by atoms with Crippen molar-refractivity contribution in [2.24, 2.45) is 0 Å². The smallest absolute Gasteiger partial charge is 0.317 e. The molecule has 0 aliphatic carbocycles. The molecule has 4 rings (SSSR count). The minimum Gasteiger partial charge on any atom is -0.334 e. The highest BCUT2D eigenvalue weighted by molar-refractivity contribution is 5.79. The number of pyridine rings is 1. The standard InChI is InChI=1S/C21H29N5O/c1-24-8-6-19(7-9-24)25-10-12-26(13-11-25)21(27)23-16-17-14-18-4-2-3-5-20(18)22-15-17/h2-5,14-15,19H,6-13,16H2,1H3,(H,23,27). The van der Waals surface area contributed by atoms with E-state index < -0.39 is 0 Å². The third-order valence-corrected chi connectivity index (χ3v) is 5.90. The van der Waals surface area contributed by atoms with Crippen molar-refractivity contribution in [1.82, 2.24) is 25.0 Å². The van der Waals surface area contributed by atoms with Crippen LogP contribution in [0.15, 0.2) is 36.5 Å². The molecule has 0 bridgehead atoms. The fraction of sp³-hybridized carbons (Fsp3) is 0.524. The fourth-order valence-corrected chi connectivity index (χ4v) is 4.15. The van der Waals surface area contributed by atoms with Crippen LogP contribution in [0.2, 0.25) is 0 Å². The van der Waals surface area contributed by atoms with Crippen LogP contribution >= 0.6 is 0 Å². The molecule has 0 radical (unpaired) electrons. The number of amides is 2. The van der Waals surface area contributed by atoms with Gasteiger partial charge in [-0.3, -0.25) is 9.88 Å². The summed E-state index contributed by atoms with van der Waals surface area (Å²) >= 11 is 0. The van der Waals surface area contributed by atoms with Gasteiger partial charge in [-0.2, -0.15) is 0 Å². The number of urea groups is 1. The Morgan fingerprint density at radius 1 is 1.11 bits per heavy atom. The van der Waals surface area contributed by atoms with Crippen LogP contribution in [-0.4, -0.2) is 78.1 Å². The molecule has 0 saturated carbocycles. The van der Waals surface area contributed by atoms with E-state index in [0.29, 0.717) is 12.6 Å². The van der Waals surface area contributed by atoms with Gasteiger partial charge in [0.05, 0.1) is 5.52 Å². The number of aromatic nitrogens is 1. The zero-order chi connectivity index (χ0) is 18.6. The lowest BCUT2D eigenvalue weighted by Crippen LogP contribution is -2.55. The van der Waals surface area contributed by atoms with Gasteiger partial charge in [0.2, 0.25) is 0 Å². The Labute approximate surface area is 161 Å². The van der Waals surface area contributed by atoms with E-state index in [4.69, 9.17) is 0 Å². The molecule has 0 unspecified atom stereocenters. The van der Waals surface area contributed by atoms with Gasteiger partial charge in [0.25, 0.3) is 0 Å². The molecule has 2 amide bonds. The van der Waals surface area contributed by atoms with Crippen molar-refractivity contribution in [2.75, 3.05) is 46.3 Å². The van der Waals surface area contributed by atoms with Gasteiger partial charge in [-0.25, -0.2) is 4.79 Å². The van der Waals surface area contributed by atoms with E-state index in [9.17, 15) is 4.79 Å². The Kier molecular flexibility index (Phi) is 5.55. The number of carbonyl (C=O) groups is 1. The van der Waals surface area contributed by atoms with Crippen molar-refractivity contribution in [1.29, 1.82) is 0 Å². The molecule has 0 spiro atoms. The van der Waals surface area contributed by atoms with E-state index in [2.05, 4.69) is 39.3 Å². The lowest BCUT2D eigenvalue weighted by molar-refractivity contribution is 0.0749. The zero-order valence-corrected chi connectivity index (χ0v) is 16.1. The third kappa shape index (κ3) is 4.39. The number of carbonyl (C=O) groups excluding carboxylic acids is 1. The Bertz CT molecular complexity index is 779. The van der Waals surface area contributed by atoms with Crippen LogP contribution in [0, 0.1) is 0 Å². The second-order valence-electron chi connectivity index (χ2n) is 7.75. The molecule has 2 saturated heterocycles. The molecule has 6 heteroatoms. The summed E-state index contributed by atoms with van der Waals surface area (Å²) in [5.41, 5.74) is 2.02. The minimum absolute atomic E-state index is 0.0335. The van der Waals surface area contributed by atoms with Crippen LogP contribution in [0.3, 0.4) is 0 Å². The summed E-state index contributed by atoms with van der Waals surface area (Å²) in [7, 11) is 2.20. The van der Waals surface area contributed by atoms with Gasteiger partial charge < -0.3 is 15.1 Å². The fourth-order valence-electron chi connectivity index (χ4n) is 4.15. The van der Waals surface area contributed by atoms with Crippen LogP contribution in [0.5, 0.6) is 0 Å². The molecular formula is C21H29N5O. The van der Waals surface area contributed by atoms with Gasteiger partial charge in [-0.1, -0.05) is 18.2 Å². The van der Waals surface area contributed by atoms with Crippen LogP contribution in [0.25, 0.3) is 10.9 Å². The van der Waals surface area contributed by atoms with Gasteiger partial charge in [0, 0.05) is 50.3 Å². The van der Waals surface area contributed by atoms with Gasteiger partial charge >= 0.3 is 6.03 Å². The maximum absolute atomic E-state index is 12.5. The molecule has 144 valence electrons. The lowest BCUT2D eigenvalue weighted by Gasteiger charge is -2.42. The normalized spacial score (nSPS) is 20.1. The molecule has 27 heavy (non-hydrogen) atoms. The quantitative estimate of drug-likeness (QED) is 0.903. The zero-order valence-electron chi connectivity index (χ0n) is 16.1. The largest absolute Gasteiger partial charge is 0.334 e. The van der Waals surface area contributed by atoms with E-state index in [1.165, 1.54) is 25.9 Å². The van der Waals surface area contributed by atoms with Crippen LogP contribution in [0.1, 0.15) is 18.4 Å². The third-order valence-electron chi connectivity index (χ3n) is 5.90. The molecule has 2 aromatic rings. The predicted octanol–water partition coefficient (Wildman–Crippen LogP) is 2.16. The summed E-state index contributed by atoms with van der Waals surface area (Å²) in [5, 5.41) is 4.16. The molecule has 3 heterocycles. The number of rotatable bonds is 3. The molecule has 2 aliphatic heterocycles. The summed E-state index contributed by atoms with van der Waals surface area (Å²) < 4.78 is 0. The summed E-state index contributed by atoms with van der Waals surface area (Å²) in [6.45, 7) is 6.49. The molecule has 6 nitrogen and oxygen atoms in total. The molecule has 0 atom stereocenters. The van der Waals surface area contributed by atoms with E-state index in [-0.39, 0.29) is 6.03 Å². The first-order valence-electron chi connectivity index (χ1n) is 9.98. The molecular weight excluding hydrogens is 338 g/mol. The topological polar surface area (TPSA) is 51.7 Å². The monoisotopic (exact) mass is 367 g/mol. The molecule has 2 fully saturated rings. The number of hydrogen-bond donors (Lipinski definition) is 1. The Morgan fingerprint density at radius 3 is 2.63 bits per heavy atom. The lowest BCUT2D eigenvalue weighted by atomic mass is 10.0. The van der Waals surface area contributed by atoms with Crippen LogP contribution in [0.4, 0.5) is 4.79 Å². The van der Waals surface area contributed by atoms with Crippen LogP contribution in [-0.2, 0) is 6.54 Å². The highest BCUT2D eigenvalue weighted by Gasteiger charge is 2.27. The van der Waals surface area contributed by atoms with Gasteiger partial charge in [0.1, 0.15) is 0 Å².